The third kappa shape index (κ3) is 3.83. The minimum Gasteiger partial charge on any atom is -0.467 e. The Morgan fingerprint density at radius 2 is 2.26 bits per heavy atom. The molecule has 106 valence electrons. The number of hydrogen-bond donors (Lipinski definition) is 1. The fourth-order valence-corrected chi connectivity index (χ4v) is 2.71. The zero-order valence-corrected chi connectivity index (χ0v) is 11.7. The molecule has 19 heavy (non-hydrogen) atoms. The number of rotatable bonds is 6. The number of hydrogen-bond acceptors (Lipinski definition) is 3. The van der Waals surface area contributed by atoms with E-state index in [0.717, 1.165) is 18.6 Å². The van der Waals surface area contributed by atoms with Gasteiger partial charge in [0.2, 0.25) is 5.91 Å². The van der Waals surface area contributed by atoms with E-state index in [9.17, 15) is 4.79 Å². The summed E-state index contributed by atoms with van der Waals surface area (Å²) in [7, 11) is 0. The Morgan fingerprint density at radius 1 is 1.53 bits per heavy atom. The quantitative estimate of drug-likeness (QED) is 0.859. The van der Waals surface area contributed by atoms with Crippen molar-refractivity contribution in [2.24, 2.45) is 11.7 Å². The third-order valence-corrected chi connectivity index (χ3v) is 3.92. The predicted molar refractivity (Wildman–Crippen MR) is 74.3 cm³/mol. The molecule has 1 heterocycles. The van der Waals surface area contributed by atoms with Gasteiger partial charge < -0.3 is 15.1 Å². The first-order valence-electron chi connectivity index (χ1n) is 7.22. The van der Waals surface area contributed by atoms with Crippen LogP contribution in [0.1, 0.15) is 44.8 Å². The van der Waals surface area contributed by atoms with Crippen molar-refractivity contribution in [2.45, 2.75) is 51.6 Å². The Labute approximate surface area is 114 Å². The fourth-order valence-electron chi connectivity index (χ4n) is 2.71. The molecule has 0 saturated heterocycles. The molecule has 1 unspecified atom stereocenters. The molecule has 1 fully saturated rings. The van der Waals surface area contributed by atoms with E-state index in [1.807, 2.05) is 24.0 Å². The van der Waals surface area contributed by atoms with Gasteiger partial charge in [0.05, 0.1) is 12.8 Å². The van der Waals surface area contributed by atoms with Crippen molar-refractivity contribution in [1.29, 1.82) is 0 Å². The lowest BCUT2D eigenvalue weighted by molar-refractivity contribution is -0.135. The van der Waals surface area contributed by atoms with Gasteiger partial charge in [-0.05, 0) is 37.4 Å². The number of amides is 1. The molecule has 1 aromatic rings. The zero-order valence-electron chi connectivity index (χ0n) is 11.7. The highest BCUT2D eigenvalue weighted by Crippen LogP contribution is 2.26. The van der Waals surface area contributed by atoms with E-state index >= 15 is 0 Å². The van der Waals surface area contributed by atoms with E-state index in [1.54, 1.807) is 6.26 Å². The second-order valence-corrected chi connectivity index (χ2v) is 5.58. The van der Waals surface area contributed by atoms with E-state index < -0.39 is 0 Å². The van der Waals surface area contributed by atoms with Gasteiger partial charge in [0.1, 0.15) is 5.76 Å². The van der Waals surface area contributed by atoms with Crippen LogP contribution in [-0.2, 0) is 11.3 Å². The maximum atomic E-state index is 12.5. The highest BCUT2D eigenvalue weighted by molar-refractivity contribution is 5.76. The summed E-state index contributed by atoms with van der Waals surface area (Å²) in [5.41, 5.74) is 5.62. The Balaban J connectivity index is 2.02. The molecule has 1 saturated carbocycles. The van der Waals surface area contributed by atoms with Gasteiger partial charge in [-0.3, -0.25) is 4.79 Å². The smallest absolute Gasteiger partial charge is 0.223 e. The molecule has 4 heteroatoms. The molecule has 0 aliphatic heterocycles. The Hall–Kier alpha value is -1.29. The van der Waals surface area contributed by atoms with Crippen LogP contribution >= 0.6 is 0 Å². The summed E-state index contributed by atoms with van der Waals surface area (Å²) < 4.78 is 5.39. The van der Waals surface area contributed by atoms with Crippen LogP contribution in [0.5, 0.6) is 0 Å². The van der Waals surface area contributed by atoms with Crippen molar-refractivity contribution in [2.75, 3.05) is 6.54 Å². The molecule has 2 N–H and O–H groups in total. The highest BCUT2D eigenvalue weighted by Gasteiger charge is 2.27. The Bertz CT molecular complexity index is 383. The molecule has 0 radical (unpaired) electrons. The Morgan fingerprint density at radius 3 is 2.84 bits per heavy atom. The first-order chi connectivity index (χ1) is 9.20. The number of furan rings is 1. The van der Waals surface area contributed by atoms with Crippen LogP contribution in [0.15, 0.2) is 22.8 Å². The molecule has 1 aliphatic rings. The summed E-state index contributed by atoms with van der Waals surface area (Å²) >= 11 is 0. The van der Waals surface area contributed by atoms with Gasteiger partial charge in [0.15, 0.2) is 0 Å². The van der Waals surface area contributed by atoms with Gasteiger partial charge in [0.25, 0.3) is 0 Å². The lowest BCUT2D eigenvalue weighted by Gasteiger charge is -2.29. The largest absolute Gasteiger partial charge is 0.467 e. The first kappa shape index (κ1) is 14.1. The Kier molecular flexibility index (Phi) is 5.02. The lowest BCUT2D eigenvalue weighted by atomic mass is 10.1. The van der Waals surface area contributed by atoms with Crippen molar-refractivity contribution in [3.8, 4) is 0 Å². The molecule has 1 aromatic heterocycles. The van der Waals surface area contributed by atoms with Crippen LogP contribution in [0.2, 0.25) is 0 Å². The molecule has 1 atom stereocenters. The van der Waals surface area contributed by atoms with Crippen molar-refractivity contribution in [3.63, 3.8) is 0 Å². The van der Waals surface area contributed by atoms with E-state index in [-0.39, 0.29) is 11.8 Å². The summed E-state index contributed by atoms with van der Waals surface area (Å²) in [6.45, 7) is 3.18. The van der Waals surface area contributed by atoms with Crippen LogP contribution in [0.3, 0.4) is 0 Å². The van der Waals surface area contributed by atoms with Gasteiger partial charge in [-0.1, -0.05) is 19.8 Å². The predicted octanol–water partition coefficient (Wildman–Crippen LogP) is 2.54. The molecule has 0 aromatic carbocycles. The van der Waals surface area contributed by atoms with E-state index in [1.165, 1.54) is 12.8 Å². The van der Waals surface area contributed by atoms with Gasteiger partial charge in [-0.15, -0.1) is 0 Å². The summed E-state index contributed by atoms with van der Waals surface area (Å²) in [6, 6.07) is 4.18. The topological polar surface area (TPSA) is 59.5 Å². The highest BCUT2D eigenvalue weighted by atomic mass is 16.3. The van der Waals surface area contributed by atoms with Crippen molar-refractivity contribution in [1.82, 2.24) is 4.90 Å². The maximum absolute atomic E-state index is 12.5. The fraction of sp³-hybridized carbons (Fsp3) is 0.667. The van der Waals surface area contributed by atoms with Gasteiger partial charge in [-0.2, -0.15) is 0 Å². The number of nitrogens with zero attached hydrogens (tertiary/aromatic N) is 1. The monoisotopic (exact) mass is 264 g/mol. The average Bonchev–Trinajstić information content (AvgIpc) is 3.08. The number of carbonyl (C=O) groups is 1. The van der Waals surface area contributed by atoms with Crippen LogP contribution in [0, 0.1) is 5.92 Å². The van der Waals surface area contributed by atoms with Crippen LogP contribution < -0.4 is 5.73 Å². The summed E-state index contributed by atoms with van der Waals surface area (Å²) in [6.07, 6.45) is 6.87. The summed E-state index contributed by atoms with van der Waals surface area (Å²) in [5, 5.41) is 0. The number of nitrogens with two attached hydrogens (primary N) is 1. The molecule has 0 spiro atoms. The standard InChI is InChI=1S/C15H24N2O2/c1-12(10-16)9-15(18)17(13-5-2-3-6-13)11-14-7-4-8-19-14/h4,7-8,12-13H,2-3,5-6,9-11,16H2,1H3. The van der Waals surface area contributed by atoms with Crippen LogP contribution in [0.25, 0.3) is 0 Å². The average molecular weight is 264 g/mol. The van der Waals surface area contributed by atoms with E-state index in [4.69, 9.17) is 10.2 Å². The minimum absolute atomic E-state index is 0.209. The molecular formula is C15H24N2O2. The maximum Gasteiger partial charge on any atom is 0.223 e. The van der Waals surface area contributed by atoms with Crippen LogP contribution in [-0.4, -0.2) is 23.4 Å². The van der Waals surface area contributed by atoms with Gasteiger partial charge in [0, 0.05) is 12.5 Å². The summed E-state index contributed by atoms with van der Waals surface area (Å²) in [5.74, 6) is 1.31. The number of carbonyl (C=O) groups excluding carboxylic acids is 1. The zero-order chi connectivity index (χ0) is 13.7. The van der Waals surface area contributed by atoms with Crippen molar-refractivity contribution in [3.05, 3.63) is 24.2 Å². The normalized spacial score (nSPS) is 17.6. The van der Waals surface area contributed by atoms with Crippen molar-refractivity contribution >= 4 is 5.91 Å². The SMILES string of the molecule is CC(CN)CC(=O)N(Cc1ccco1)C1CCCC1. The van der Waals surface area contributed by atoms with Crippen molar-refractivity contribution < 1.29 is 9.21 Å². The second-order valence-electron chi connectivity index (χ2n) is 5.58. The molecule has 2 rings (SSSR count). The molecular weight excluding hydrogens is 240 g/mol. The van der Waals surface area contributed by atoms with E-state index in [2.05, 4.69) is 0 Å². The molecule has 1 aliphatic carbocycles. The first-order valence-corrected chi connectivity index (χ1v) is 7.22. The van der Waals surface area contributed by atoms with Gasteiger partial charge >= 0.3 is 0 Å². The molecule has 0 bridgehead atoms. The minimum atomic E-state index is 0.209. The summed E-state index contributed by atoms with van der Waals surface area (Å²) in [4.78, 5) is 14.5. The van der Waals surface area contributed by atoms with E-state index in [0.29, 0.717) is 25.6 Å². The third-order valence-electron chi connectivity index (χ3n) is 3.92. The van der Waals surface area contributed by atoms with Gasteiger partial charge in [-0.25, -0.2) is 0 Å². The molecule has 4 nitrogen and oxygen atoms in total. The van der Waals surface area contributed by atoms with Crippen LogP contribution in [0.4, 0.5) is 0 Å². The second kappa shape index (κ2) is 6.75. The lowest BCUT2D eigenvalue weighted by Crippen LogP contribution is -2.39. The molecule has 1 amide bonds.